The average Bonchev–Trinajstić information content (AvgIpc) is 3.06. The van der Waals surface area contributed by atoms with Crippen LogP contribution in [0.5, 0.6) is 5.75 Å². The maximum Gasteiger partial charge on any atom is 0.222 e. The molecule has 0 aliphatic heterocycles. The van der Waals surface area contributed by atoms with Gasteiger partial charge in [-0.1, -0.05) is 55.4 Å². The van der Waals surface area contributed by atoms with E-state index in [9.17, 15) is 0 Å². The van der Waals surface area contributed by atoms with Gasteiger partial charge in [-0.05, 0) is 35.6 Å². The quantitative estimate of drug-likeness (QED) is 0.692. The Morgan fingerprint density at radius 2 is 1.92 bits per heavy atom. The summed E-state index contributed by atoms with van der Waals surface area (Å²) in [6, 6.07) is 18.0. The number of aromatic nitrogens is 1. The highest BCUT2D eigenvalue weighted by atomic mass is 16.5. The van der Waals surface area contributed by atoms with Crippen molar-refractivity contribution in [3.63, 3.8) is 0 Å². The zero-order valence-corrected chi connectivity index (χ0v) is 14.0. The smallest absolute Gasteiger partial charge is 0.222 e. The van der Waals surface area contributed by atoms with E-state index in [2.05, 4.69) is 31.1 Å². The molecule has 0 aliphatic carbocycles. The van der Waals surface area contributed by atoms with Gasteiger partial charge in [0.2, 0.25) is 5.88 Å². The van der Waals surface area contributed by atoms with E-state index in [1.807, 2.05) is 36.4 Å². The molecule has 0 radical (unpaired) electrons. The number of nitrogens with two attached hydrogens (primary N) is 1. The van der Waals surface area contributed by atoms with Crippen molar-refractivity contribution < 1.29 is 9.26 Å². The highest BCUT2D eigenvalue weighted by Crippen LogP contribution is 2.34. The fraction of sp³-hybridized carbons (Fsp3) is 0.250. The van der Waals surface area contributed by atoms with Gasteiger partial charge in [0.15, 0.2) is 0 Å². The number of nitrogens with zero attached hydrogens (tertiary/aromatic N) is 1. The Bertz CT molecular complexity index is 796. The first kappa shape index (κ1) is 16.1. The summed E-state index contributed by atoms with van der Waals surface area (Å²) in [4.78, 5) is 0. The summed E-state index contributed by atoms with van der Waals surface area (Å²) in [7, 11) is 0. The highest BCUT2D eigenvalue weighted by molar-refractivity contribution is 5.69. The molecule has 2 aromatic carbocycles. The number of rotatable bonds is 6. The van der Waals surface area contributed by atoms with Gasteiger partial charge in [-0.15, -0.1) is 0 Å². The van der Waals surface area contributed by atoms with E-state index in [1.54, 1.807) is 6.07 Å². The minimum atomic E-state index is 0.299. The van der Waals surface area contributed by atoms with Crippen LogP contribution in [0.3, 0.4) is 0 Å². The fourth-order valence-corrected chi connectivity index (χ4v) is 2.57. The third-order valence-electron chi connectivity index (χ3n) is 4.23. The molecule has 0 spiro atoms. The largest absolute Gasteiger partial charge is 0.488 e. The molecular formula is C20H22N2O2. The van der Waals surface area contributed by atoms with Gasteiger partial charge in [-0.3, -0.25) is 0 Å². The van der Waals surface area contributed by atoms with E-state index in [1.165, 1.54) is 5.56 Å². The first-order chi connectivity index (χ1) is 11.7. The summed E-state index contributed by atoms with van der Waals surface area (Å²) in [6.45, 7) is 4.89. The third-order valence-corrected chi connectivity index (χ3v) is 4.23. The molecule has 0 aliphatic rings. The van der Waals surface area contributed by atoms with E-state index in [0.717, 1.165) is 23.3 Å². The molecule has 0 saturated heterocycles. The maximum absolute atomic E-state index is 6.03. The van der Waals surface area contributed by atoms with Crippen LogP contribution >= 0.6 is 0 Å². The summed E-state index contributed by atoms with van der Waals surface area (Å²) in [5.74, 6) is 1.54. The van der Waals surface area contributed by atoms with Gasteiger partial charge in [0.25, 0.3) is 0 Å². The lowest BCUT2D eigenvalue weighted by Gasteiger charge is -2.14. The Kier molecular flexibility index (Phi) is 4.85. The molecule has 0 fully saturated rings. The van der Waals surface area contributed by atoms with Crippen molar-refractivity contribution in [2.75, 3.05) is 5.73 Å². The molecule has 1 aromatic heterocycles. The van der Waals surface area contributed by atoms with Crippen molar-refractivity contribution in [1.82, 2.24) is 5.16 Å². The van der Waals surface area contributed by atoms with Crippen molar-refractivity contribution in [2.24, 2.45) is 0 Å². The Labute approximate surface area is 142 Å². The first-order valence-corrected chi connectivity index (χ1v) is 8.20. The predicted molar refractivity (Wildman–Crippen MR) is 95.8 cm³/mol. The van der Waals surface area contributed by atoms with Crippen LogP contribution in [-0.4, -0.2) is 5.16 Å². The number of hydrogen-bond acceptors (Lipinski definition) is 4. The number of ether oxygens (including phenoxy) is 1. The number of benzene rings is 2. The SMILES string of the molecule is CCC(C)c1ccc(OCc2ccccc2)c(-c2cc(N)on2)c1. The lowest BCUT2D eigenvalue weighted by atomic mass is 9.95. The minimum Gasteiger partial charge on any atom is -0.488 e. The second kappa shape index (κ2) is 7.21. The molecule has 124 valence electrons. The normalized spacial score (nSPS) is 12.1. The number of anilines is 1. The molecule has 0 saturated carbocycles. The van der Waals surface area contributed by atoms with Gasteiger partial charge < -0.3 is 15.0 Å². The van der Waals surface area contributed by atoms with Crippen LogP contribution in [0.4, 0.5) is 5.88 Å². The van der Waals surface area contributed by atoms with E-state index < -0.39 is 0 Å². The van der Waals surface area contributed by atoms with Gasteiger partial charge in [0.05, 0.1) is 0 Å². The average molecular weight is 322 g/mol. The van der Waals surface area contributed by atoms with Crippen molar-refractivity contribution in [3.8, 4) is 17.0 Å². The van der Waals surface area contributed by atoms with E-state index >= 15 is 0 Å². The molecule has 0 amide bonds. The van der Waals surface area contributed by atoms with Crippen molar-refractivity contribution in [2.45, 2.75) is 32.8 Å². The maximum atomic E-state index is 6.03. The molecule has 2 N–H and O–H groups in total. The number of hydrogen-bond donors (Lipinski definition) is 1. The van der Waals surface area contributed by atoms with Crippen molar-refractivity contribution in [1.29, 1.82) is 0 Å². The topological polar surface area (TPSA) is 61.3 Å². The summed E-state index contributed by atoms with van der Waals surface area (Å²) in [5.41, 5.74) is 9.66. The molecule has 3 aromatic rings. The van der Waals surface area contributed by atoms with Gasteiger partial charge >= 0.3 is 0 Å². The number of nitrogen functional groups attached to an aromatic ring is 1. The Balaban J connectivity index is 1.92. The first-order valence-electron chi connectivity index (χ1n) is 8.20. The lowest BCUT2D eigenvalue weighted by Crippen LogP contribution is -1.99. The molecule has 1 atom stereocenters. The van der Waals surface area contributed by atoms with Crippen LogP contribution < -0.4 is 10.5 Å². The summed E-state index contributed by atoms with van der Waals surface area (Å²) < 4.78 is 11.1. The van der Waals surface area contributed by atoms with Crippen LogP contribution in [-0.2, 0) is 6.61 Å². The van der Waals surface area contributed by atoms with Crippen molar-refractivity contribution in [3.05, 3.63) is 65.7 Å². The Morgan fingerprint density at radius 1 is 1.12 bits per heavy atom. The van der Waals surface area contributed by atoms with E-state index in [0.29, 0.717) is 24.1 Å². The van der Waals surface area contributed by atoms with Crippen LogP contribution in [0.25, 0.3) is 11.3 Å². The fourth-order valence-electron chi connectivity index (χ4n) is 2.57. The predicted octanol–water partition coefficient (Wildman–Crippen LogP) is 5.02. The second-order valence-electron chi connectivity index (χ2n) is 5.95. The molecule has 1 unspecified atom stereocenters. The molecular weight excluding hydrogens is 300 g/mol. The summed E-state index contributed by atoms with van der Waals surface area (Å²) in [6.07, 6.45) is 1.07. The van der Waals surface area contributed by atoms with Gasteiger partial charge in [-0.25, -0.2) is 0 Å². The molecule has 1 heterocycles. The Morgan fingerprint density at radius 3 is 2.58 bits per heavy atom. The molecule has 4 nitrogen and oxygen atoms in total. The molecule has 24 heavy (non-hydrogen) atoms. The standard InChI is InChI=1S/C20H22N2O2/c1-3-14(2)16-9-10-19(23-13-15-7-5-4-6-8-15)17(11-16)18-12-20(21)24-22-18/h4-12,14H,3,13,21H2,1-2H3. The van der Waals surface area contributed by atoms with Crippen molar-refractivity contribution >= 4 is 5.88 Å². The van der Waals surface area contributed by atoms with E-state index in [-0.39, 0.29) is 0 Å². The van der Waals surface area contributed by atoms with Crippen LogP contribution in [0.1, 0.15) is 37.3 Å². The molecule has 0 bridgehead atoms. The van der Waals surface area contributed by atoms with Crippen LogP contribution in [0, 0.1) is 0 Å². The second-order valence-corrected chi connectivity index (χ2v) is 5.95. The van der Waals surface area contributed by atoms with Gasteiger partial charge in [0.1, 0.15) is 18.1 Å². The summed E-state index contributed by atoms with van der Waals surface area (Å²) in [5, 5.41) is 4.05. The molecule has 3 rings (SSSR count). The third kappa shape index (κ3) is 3.59. The van der Waals surface area contributed by atoms with Gasteiger partial charge in [-0.2, -0.15) is 0 Å². The van der Waals surface area contributed by atoms with Crippen LogP contribution in [0.2, 0.25) is 0 Å². The Hall–Kier alpha value is -2.75. The van der Waals surface area contributed by atoms with Gasteiger partial charge in [0, 0.05) is 11.6 Å². The minimum absolute atomic E-state index is 0.299. The highest BCUT2D eigenvalue weighted by Gasteiger charge is 2.14. The zero-order chi connectivity index (χ0) is 16.9. The molecule has 4 heteroatoms. The zero-order valence-electron chi connectivity index (χ0n) is 14.0. The lowest BCUT2D eigenvalue weighted by molar-refractivity contribution is 0.307. The van der Waals surface area contributed by atoms with E-state index in [4.69, 9.17) is 15.0 Å². The summed E-state index contributed by atoms with van der Waals surface area (Å²) >= 11 is 0. The van der Waals surface area contributed by atoms with Crippen LogP contribution in [0.15, 0.2) is 59.1 Å². The monoisotopic (exact) mass is 322 g/mol.